The molecule has 1 aromatic heterocycles. The van der Waals surface area contributed by atoms with Crippen LogP contribution in [-0.4, -0.2) is 71.8 Å². The summed E-state index contributed by atoms with van der Waals surface area (Å²) in [6.45, 7) is 6.81. The average Bonchev–Trinajstić information content (AvgIpc) is 3.76. The summed E-state index contributed by atoms with van der Waals surface area (Å²) in [5.41, 5.74) is 13.0. The molecule has 50 heavy (non-hydrogen) atoms. The molecule has 0 radical (unpaired) electrons. The van der Waals surface area contributed by atoms with Crippen LogP contribution >= 0.6 is 11.3 Å². The lowest BCUT2D eigenvalue weighted by atomic mass is 10.0. The Morgan fingerprint density at radius 1 is 0.900 bits per heavy atom. The minimum atomic E-state index is -0.715. The number of alkyl carbamates (subject to hydrolysis) is 1. The normalized spacial score (nSPS) is 14.7. The fourth-order valence-electron chi connectivity index (χ4n) is 4.94. The van der Waals surface area contributed by atoms with Crippen molar-refractivity contribution >= 4 is 51.2 Å². The highest BCUT2D eigenvalue weighted by Crippen LogP contribution is 2.25. The lowest BCUT2D eigenvalue weighted by Crippen LogP contribution is -2.51. The van der Waals surface area contributed by atoms with Gasteiger partial charge in [-0.25, -0.2) is 9.78 Å². The van der Waals surface area contributed by atoms with Gasteiger partial charge in [-0.3, -0.25) is 19.4 Å². The topological polar surface area (TPSA) is 182 Å². The van der Waals surface area contributed by atoms with E-state index in [2.05, 4.69) is 51.8 Å². The van der Waals surface area contributed by atoms with Crippen LogP contribution in [0.1, 0.15) is 54.5 Å². The van der Waals surface area contributed by atoms with Crippen molar-refractivity contribution in [3.8, 4) is 0 Å². The summed E-state index contributed by atoms with van der Waals surface area (Å²) in [5, 5.41) is 5.43. The second-order valence-corrected chi connectivity index (χ2v) is 12.5. The van der Waals surface area contributed by atoms with E-state index in [1.54, 1.807) is 0 Å². The van der Waals surface area contributed by atoms with Crippen molar-refractivity contribution in [1.29, 1.82) is 0 Å². The Morgan fingerprint density at radius 2 is 1.54 bits per heavy atom. The van der Waals surface area contributed by atoms with Gasteiger partial charge in [0.05, 0.1) is 16.8 Å². The van der Waals surface area contributed by atoms with E-state index in [9.17, 15) is 19.2 Å². The molecule has 0 saturated carbocycles. The summed E-state index contributed by atoms with van der Waals surface area (Å²) in [6, 6.07) is 26.4. The number of Topliss-reactive ketones (excluding diaryl/α,β-unsaturated/α-hetero) is 1. The highest BCUT2D eigenvalue weighted by Gasteiger charge is 2.39. The number of guanidine groups is 1. The van der Waals surface area contributed by atoms with Gasteiger partial charge in [-0.2, -0.15) is 0 Å². The van der Waals surface area contributed by atoms with Crippen LogP contribution in [0.2, 0.25) is 0 Å². The third-order valence-electron chi connectivity index (χ3n) is 7.61. The molecule has 0 aliphatic carbocycles. The standard InChI is InChI=1S/C25H26N4O5S.C8H10.C4H11N3/c1-16-11-12-29(21(31)14-27-25(33)34-15-17-7-3-2-4-8-17)22(16)23(32)26-13-19(30)24-28-18-9-5-6-10-20(18)35-24;1-2-8-6-4-3-5-7-8;1-2-3-7-4(5)6/h2-10,16,22H,11-15H2,1H3,(H,26,32)(H,27,33);3-7H,2H2,1H3;2-3H2,1H3,(H4,5,6,7)/t16-,22?;;/m0../s1. The van der Waals surface area contributed by atoms with Crippen LogP contribution in [0.25, 0.3) is 10.2 Å². The summed E-state index contributed by atoms with van der Waals surface area (Å²) in [4.78, 5) is 59.6. The highest BCUT2D eigenvalue weighted by molar-refractivity contribution is 7.20. The number of benzene rings is 3. The van der Waals surface area contributed by atoms with Crippen LogP contribution in [0.15, 0.2) is 89.9 Å². The number of carbonyl (C=O) groups excluding carboxylic acids is 4. The van der Waals surface area contributed by atoms with Crippen LogP contribution in [0.4, 0.5) is 4.79 Å². The minimum absolute atomic E-state index is 0.0819. The molecule has 12 nitrogen and oxygen atoms in total. The van der Waals surface area contributed by atoms with Gasteiger partial charge in [-0.05, 0) is 48.4 Å². The molecular weight excluding hydrogens is 655 g/mol. The van der Waals surface area contributed by atoms with Gasteiger partial charge in [-0.1, -0.05) is 93.6 Å². The summed E-state index contributed by atoms with van der Waals surface area (Å²) in [6.07, 6.45) is 2.07. The van der Waals surface area contributed by atoms with E-state index < -0.39 is 18.0 Å². The van der Waals surface area contributed by atoms with E-state index in [4.69, 9.17) is 16.2 Å². The molecule has 13 heteroatoms. The third kappa shape index (κ3) is 13.0. The van der Waals surface area contributed by atoms with Crippen molar-refractivity contribution in [3.63, 3.8) is 0 Å². The number of ketones is 1. The lowest BCUT2D eigenvalue weighted by Gasteiger charge is -2.26. The van der Waals surface area contributed by atoms with E-state index in [1.165, 1.54) is 21.8 Å². The number of amides is 3. The number of aromatic nitrogens is 1. The number of nitrogens with two attached hydrogens (primary N) is 2. The van der Waals surface area contributed by atoms with Gasteiger partial charge in [0, 0.05) is 13.1 Å². The molecule has 1 saturated heterocycles. The smallest absolute Gasteiger partial charge is 0.407 e. The van der Waals surface area contributed by atoms with Crippen LogP contribution in [0, 0.1) is 5.92 Å². The van der Waals surface area contributed by atoms with E-state index in [1.807, 2.05) is 74.5 Å². The van der Waals surface area contributed by atoms with Gasteiger partial charge in [0.2, 0.25) is 17.6 Å². The predicted octanol–water partition coefficient (Wildman–Crippen LogP) is 4.68. The summed E-state index contributed by atoms with van der Waals surface area (Å²) >= 11 is 1.28. The minimum Gasteiger partial charge on any atom is -0.445 e. The molecule has 1 fully saturated rings. The van der Waals surface area contributed by atoms with Gasteiger partial charge in [0.15, 0.2) is 11.0 Å². The molecule has 5 rings (SSSR count). The van der Waals surface area contributed by atoms with Crippen molar-refractivity contribution in [2.45, 2.75) is 52.7 Å². The molecule has 3 amide bonds. The zero-order valence-electron chi connectivity index (χ0n) is 28.8. The first-order valence-electron chi connectivity index (χ1n) is 16.6. The molecule has 266 valence electrons. The number of carbonyl (C=O) groups is 4. The Labute approximate surface area is 297 Å². The first-order valence-corrected chi connectivity index (χ1v) is 17.4. The molecule has 4 aromatic rings. The Balaban J connectivity index is 0.000000372. The van der Waals surface area contributed by atoms with Crippen LogP contribution in [0.3, 0.4) is 0 Å². The molecule has 1 aliphatic rings. The number of ether oxygens (including phenoxy) is 1. The van der Waals surface area contributed by atoms with Crippen molar-refractivity contribution in [2.24, 2.45) is 22.4 Å². The molecule has 2 atom stereocenters. The number of hydrogen-bond donors (Lipinski definition) is 4. The number of rotatable bonds is 11. The van der Waals surface area contributed by atoms with Crippen molar-refractivity contribution in [3.05, 3.63) is 101 Å². The zero-order chi connectivity index (χ0) is 36.3. The highest BCUT2D eigenvalue weighted by atomic mass is 32.1. The number of fused-ring (bicyclic) bond motifs is 1. The van der Waals surface area contributed by atoms with Crippen molar-refractivity contribution < 1.29 is 23.9 Å². The maximum atomic E-state index is 12.9. The quantitative estimate of drug-likeness (QED) is 0.0988. The Morgan fingerprint density at radius 3 is 2.12 bits per heavy atom. The molecule has 2 heterocycles. The second kappa shape index (κ2) is 20.9. The van der Waals surface area contributed by atoms with Crippen molar-refractivity contribution in [2.75, 3.05) is 26.2 Å². The van der Waals surface area contributed by atoms with Gasteiger partial charge < -0.3 is 31.7 Å². The van der Waals surface area contributed by atoms with E-state index >= 15 is 0 Å². The van der Waals surface area contributed by atoms with Crippen LogP contribution in [0.5, 0.6) is 0 Å². The summed E-state index contributed by atoms with van der Waals surface area (Å²) in [5.74, 6) is -0.970. The maximum Gasteiger partial charge on any atom is 0.407 e. The Kier molecular flexibility index (Phi) is 16.4. The molecule has 1 aliphatic heterocycles. The first-order chi connectivity index (χ1) is 24.1. The van der Waals surface area contributed by atoms with E-state index in [0.29, 0.717) is 18.0 Å². The van der Waals surface area contributed by atoms with Gasteiger partial charge in [0.1, 0.15) is 19.2 Å². The Hall–Kier alpha value is -5.30. The fourth-order valence-corrected chi connectivity index (χ4v) is 5.85. The molecule has 0 spiro atoms. The molecule has 3 aromatic carbocycles. The number of thiazole rings is 1. The van der Waals surface area contributed by atoms with E-state index in [-0.39, 0.29) is 43.3 Å². The number of nitrogens with zero attached hydrogens (tertiary/aromatic N) is 3. The zero-order valence-corrected chi connectivity index (χ0v) is 29.7. The molecular formula is C37H47N7O5S. The number of aryl methyl sites for hydroxylation is 1. The first kappa shape index (κ1) is 39.1. The summed E-state index contributed by atoms with van der Waals surface area (Å²) in [7, 11) is 0. The Bertz CT molecular complexity index is 1660. The predicted molar refractivity (Wildman–Crippen MR) is 198 cm³/mol. The van der Waals surface area contributed by atoms with Crippen molar-refractivity contribution in [1.82, 2.24) is 20.5 Å². The number of hydrogen-bond acceptors (Lipinski definition) is 8. The summed E-state index contributed by atoms with van der Waals surface area (Å²) < 4.78 is 6.02. The fraction of sp³-hybridized carbons (Fsp3) is 0.351. The average molecular weight is 702 g/mol. The van der Waals surface area contributed by atoms with Gasteiger partial charge in [0.25, 0.3) is 0 Å². The molecule has 1 unspecified atom stereocenters. The molecule has 0 bridgehead atoms. The van der Waals surface area contributed by atoms with Crippen LogP contribution < -0.4 is 22.1 Å². The molecule has 6 N–H and O–H groups in total. The number of aliphatic imine (C=N–C) groups is 1. The number of para-hydroxylation sites is 1. The maximum absolute atomic E-state index is 12.9. The second-order valence-electron chi connectivity index (χ2n) is 11.5. The monoisotopic (exact) mass is 701 g/mol. The van der Waals surface area contributed by atoms with Gasteiger partial charge in [-0.15, -0.1) is 11.3 Å². The van der Waals surface area contributed by atoms with Crippen LogP contribution in [-0.2, 0) is 27.4 Å². The third-order valence-corrected chi connectivity index (χ3v) is 8.69. The van der Waals surface area contributed by atoms with E-state index in [0.717, 1.165) is 35.2 Å². The van der Waals surface area contributed by atoms with Gasteiger partial charge >= 0.3 is 6.09 Å². The number of likely N-dealkylation sites (tertiary alicyclic amines) is 1. The largest absolute Gasteiger partial charge is 0.445 e. The lowest BCUT2D eigenvalue weighted by molar-refractivity contribution is -0.138. The number of nitrogens with one attached hydrogen (secondary N) is 2. The SMILES string of the molecule is CCCN=C(N)N.CCc1ccccc1.C[C@H]1CCN(C(=O)CNC(=O)OCc2ccccc2)C1C(=O)NCC(=O)c1nc2ccccc2s1.